The van der Waals surface area contributed by atoms with Crippen LogP contribution in [0, 0.1) is 5.82 Å². The topological polar surface area (TPSA) is 58.3 Å². The molecule has 0 bridgehead atoms. The summed E-state index contributed by atoms with van der Waals surface area (Å²) < 4.78 is 29.5. The van der Waals surface area contributed by atoms with Crippen LogP contribution in [0.4, 0.5) is 4.39 Å². The van der Waals surface area contributed by atoms with E-state index in [1.807, 2.05) is 0 Å². The van der Waals surface area contributed by atoms with Crippen molar-refractivity contribution in [2.24, 2.45) is 0 Å². The molecule has 1 aliphatic rings. The van der Waals surface area contributed by atoms with Crippen molar-refractivity contribution in [3.8, 4) is 0 Å². The Bertz CT molecular complexity index is 922. The standard InChI is InChI=1S/C20H34FN3O3Si2/c1-28(2,3)12-11-27-14-23-17-13-16(21)19(29(4,5)6)22-18(17)24(20(23)25)15-7-9-26-10-8-15/h13,15H,7-12,14H2,1-6H3. The molecule has 3 heterocycles. The van der Waals surface area contributed by atoms with E-state index in [1.54, 1.807) is 9.13 Å². The number of aromatic nitrogens is 3. The van der Waals surface area contributed by atoms with Crippen LogP contribution in [0.3, 0.4) is 0 Å². The summed E-state index contributed by atoms with van der Waals surface area (Å²) in [5.41, 5.74) is 0.933. The number of pyridine rings is 1. The van der Waals surface area contributed by atoms with Crippen molar-refractivity contribution in [3.63, 3.8) is 0 Å². The maximum absolute atomic E-state index is 14.9. The van der Waals surface area contributed by atoms with Crippen molar-refractivity contribution < 1.29 is 13.9 Å². The molecule has 2 aromatic heterocycles. The van der Waals surface area contributed by atoms with Crippen molar-refractivity contribution in [3.05, 3.63) is 22.4 Å². The number of hydrogen-bond donors (Lipinski definition) is 0. The second kappa shape index (κ2) is 8.45. The van der Waals surface area contributed by atoms with Crippen molar-refractivity contribution in [2.75, 3.05) is 19.8 Å². The fraction of sp³-hybridized carbons (Fsp3) is 0.700. The molecule has 1 saturated heterocycles. The Kier molecular flexibility index (Phi) is 6.52. The monoisotopic (exact) mass is 439 g/mol. The van der Waals surface area contributed by atoms with E-state index < -0.39 is 16.1 Å². The van der Waals surface area contributed by atoms with Gasteiger partial charge in [-0.25, -0.2) is 14.2 Å². The van der Waals surface area contributed by atoms with Gasteiger partial charge in [0.05, 0.1) is 10.8 Å². The number of nitrogens with zero attached hydrogens (tertiary/aromatic N) is 3. The Morgan fingerprint density at radius 1 is 1.21 bits per heavy atom. The smallest absolute Gasteiger partial charge is 0.332 e. The summed E-state index contributed by atoms with van der Waals surface area (Å²) in [5.74, 6) is -0.323. The number of hydrogen-bond acceptors (Lipinski definition) is 4. The highest BCUT2D eigenvalue weighted by molar-refractivity contribution is 6.88. The van der Waals surface area contributed by atoms with Crippen LogP contribution in [0.25, 0.3) is 11.2 Å². The fourth-order valence-corrected chi connectivity index (χ4v) is 5.61. The van der Waals surface area contributed by atoms with Crippen LogP contribution in [0.15, 0.2) is 10.9 Å². The van der Waals surface area contributed by atoms with E-state index in [9.17, 15) is 9.18 Å². The summed E-state index contributed by atoms with van der Waals surface area (Å²) in [6.07, 6.45) is 1.52. The number of ether oxygens (including phenoxy) is 2. The van der Waals surface area contributed by atoms with Crippen LogP contribution >= 0.6 is 0 Å². The zero-order chi connectivity index (χ0) is 21.4. The number of halogens is 1. The molecule has 0 spiro atoms. The first kappa shape index (κ1) is 22.4. The van der Waals surface area contributed by atoms with Gasteiger partial charge in [-0.05, 0) is 18.9 Å². The lowest BCUT2D eigenvalue weighted by Gasteiger charge is -2.23. The van der Waals surface area contributed by atoms with Crippen LogP contribution in [-0.2, 0) is 16.2 Å². The van der Waals surface area contributed by atoms with Crippen molar-refractivity contribution in [2.45, 2.75) is 70.9 Å². The second-order valence-electron chi connectivity index (χ2n) is 10.2. The highest BCUT2D eigenvalue weighted by Gasteiger charge is 2.29. The summed E-state index contributed by atoms with van der Waals surface area (Å²) in [6, 6.07) is 2.52. The van der Waals surface area contributed by atoms with Crippen molar-refractivity contribution in [1.29, 1.82) is 0 Å². The molecule has 29 heavy (non-hydrogen) atoms. The summed E-state index contributed by atoms with van der Waals surface area (Å²) in [4.78, 5) is 18.0. The lowest BCUT2D eigenvalue weighted by atomic mass is 10.1. The van der Waals surface area contributed by atoms with Gasteiger partial charge in [0.2, 0.25) is 0 Å². The van der Waals surface area contributed by atoms with Gasteiger partial charge in [0.15, 0.2) is 5.65 Å². The van der Waals surface area contributed by atoms with Gasteiger partial charge in [-0.3, -0.25) is 9.13 Å². The molecule has 9 heteroatoms. The number of rotatable bonds is 7. The molecular formula is C20H34FN3O3Si2. The number of fused-ring (bicyclic) bond motifs is 1. The minimum absolute atomic E-state index is 0.0226. The summed E-state index contributed by atoms with van der Waals surface area (Å²) in [6.45, 7) is 15.0. The van der Waals surface area contributed by atoms with Gasteiger partial charge in [-0.1, -0.05) is 39.3 Å². The van der Waals surface area contributed by atoms with Gasteiger partial charge in [0, 0.05) is 40.0 Å². The average Bonchev–Trinajstić information content (AvgIpc) is 2.88. The van der Waals surface area contributed by atoms with Crippen LogP contribution < -0.4 is 11.0 Å². The molecule has 1 fully saturated rings. The molecule has 0 saturated carbocycles. The highest BCUT2D eigenvalue weighted by Crippen LogP contribution is 2.24. The third-order valence-electron chi connectivity index (χ3n) is 5.38. The van der Waals surface area contributed by atoms with E-state index in [4.69, 9.17) is 14.5 Å². The second-order valence-corrected chi connectivity index (χ2v) is 20.8. The third-order valence-corrected chi connectivity index (χ3v) is 8.85. The Morgan fingerprint density at radius 2 is 1.86 bits per heavy atom. The van der Waals surface area contributed by atoms with E-state index in [0.29, 0.717) is 36.3 Å². The van der Waals surface area contributed by atoms with Crippen LogP contribution in [0.2, 0.25) is 45.3 Å². The van der Waals surface area contributed by atoms with Gasteiger partial charge in [-0.2, -0.15) is 0 Å². The first-order valence-corrected chi connectivity index (χ1v) is 17.7. The minimum Gasteiger partial charge on any atom is -0.381 e. The molecule has 0 atom stereocenters. The molecule has 0 unspecified atom stereocenters. The van der Waals surface area contributed by atoms with E-state index in [-0.39, 0.29) is 24.3 Å². The van der Waals surface area contributed by atoms with E-state index in [0.717, 1.165) is 18.9 Å². The molecule has 0 radical (unpaired) electrons. The van der Waals surface area contributed by atoms with Gasteiger partial charge in [0.25, 0.3) is 0 Å². The third kappa shape index (κ3) is 5.07. The van der Waals surface area contributed by atoms with Crippen LogP contribution in [0.5, 0.6) is 0 Å². The molecule has 0 amide bonds. The fourth-order valence-electron chi connectivity index (χ4n) is 3.63. The Morgan fingerprint density at radius 3 is 2.45 bits per heavy atom. The minimum atomic E-state index is -1.99. The summed E-state index contributed by atoms with van der Waals surface area (Å²) in [7, 11) is -3.21. The van der Waals surface area contributed by atoms with E-state index in [1.165, 1.54) is 6.07 Å². The number of imidazole rings is 1. The molecular weight excluding hydrogens is 405 g/mol. The summed E-state index contributed by atoms with van der Waals surface area (Å²) >= 11 is 0. The first-order chi connectivity index (χ1) is 13.5. The first-order valence-electron chi connectivity index (χ1n) is 10.5. The molecule has 6 nitrogen and oxygen atoms in total. The molecule has 1 aliphatic heterocycles. The predicted octanol–water partition coefficient (Wildman–Crippen LogP) is 3.55. The average molecular weight is 440 g/mol. The van der Waals surface area contributed by atoms with Gasteiger partial charge < -0.3 is 9.47 Å². The molecule has 0 N–H and O–H groups in total. The Balaban J connectivity index is 2.04. The Labute approximate surface area is 174 Å². The quantitative estimate of drug-likeness (QED) is 0.489. The maximum atomic E-state index is 14.9. The van der Waals surface area contributed by atoms with Gasteiger partial charge in [-0.15, -0.1) is 0 Å². The maximum Gasteiger partial charge on any atom is 0.332 e. The molecule has 0 aromatic carbocycles. The van der Waals surface area contributed by atoms with Gasteiger partial charge >= 0.3 is 5.69 Å². The molecule has 2 aromatic rings. The normalized spacial score (nSPS) is 16.7. The lowest BCUT2D eigenvalue weighted by Crippen LogP contribution is -2.42. The van der Waals surface area contributed by atoms with E-state index >= 15 is 0 Å². The van der Waals surface area contributed by atoms with Gasteiger partial charge in [0.1, 0.15) is 20.6 Å². The zero-order valence-electron chi connectivity index (χ0n) is 18.5. The zero-order valence-corrected chi connectivity index (χ0v) is 20.5. The van der Waals surface area contributed by atoms with Crippen molar-refractivity contribution >= 4 is 32.6 Å². The molecule has 162 valence electrons. The molecule has 0 aliphatic carbocycles. The Hall–Kier alpha value is -1.30. The predicted molar refractivity (Wildman–Crippen MR) is 120 cm³/mol. The lowest BCUT2D eigenvalue weighted by molar-refractivity contribution is 0.0669. The largest absolute Gasteiger partial charge is 0.381 e. The SMILES string of the molecule is C[Si](C)(C)CCOCn1c(=O)n(C2CCOCC2)c2nc([Si](C)(C)C)c(F)cc21. The van der Waals surface area contributed by atoms with Crippen molar-refractivity contribution in [1.82, 2.24) is 14.1 Å². The van der Waals surface area contributed by atoms with E-state index in [2.05, 4.69) is 39.3 Å². The van der Waals surface area contributed by atoms with Crippen LogP contribution in [-0.4, -0.2) is 50.1 Å². The molecule has 3 rings (SSSR count). The summed E-state index contributed by atoms with van der Waals surface area (Å²) in [5, 5.41) is 0.516. The highest BCUT2D eigenvalue weighted by atomic mass is 28.3. The van der Waals surface area contributed by atoms with Crippen LogP contribution in [0.1, 0.15) is 18.9 Å².